The van der Waals surface area contributed by atoms with Gasteiger partial charge in [0.05, 0.1) is 0 Å². The van der Waals surface area contributed by atoms with Gasteiger partial charge in [-0.05, 0) is 5.41 Å². The number of aliphatic hydroxyl groups is 1. The molecule has 0 rings (SSSR count). The smallest absolute Gasteiger partial charge is 0.264 e. The summed E-state index contributed by atoms with van der Waals surface area (Å²) in [4.78, 5) is 0. The number of aliphatic hydroxyl groups excluding tert-OH is 1. The minimum absolute atomic E-state index is 0.714. The number of rotatable bonds is 1. The monoisotopic (exact) mass is 138 g/mol. The van der Waals surface area contributed by atoms with E-state index in [1.807, 2.05) is 0 Å². The zero-order chi connectivity index (χ0) is 7.65. The van der Waals surface area contributed by atoms with E-state index in [1.165, 1.54) is 0 Å². The molecule has 0 bridgehead atoms. The number of halogens is 2. The quantitative estimate of drug-likeness (QED) is 0.584. The molecule has 1 nitrogen and oxygen atoms in total. The van der Waals surface area contributed by atoms with E-state index in [1.54, 1.807) is 20.8 Å². The van der Waals surface area contributed by atoms with Gasteiger partial charge in [0, 0.05) is 0 Å². The van der Waals surface area contributed by atoms with Crippen molar-refractivity contribution in [2.45, 2.75) is 33.3 Å². The lowest BCUT2D eigenvalue weighted by Gasteiger charge is -2.24. The molecule has 0 amide bonds. The summed E-state index contributed by atoms with van der Waals surface area (Å²) >= 11 is 0. The van der Waals surface area contributed by atoms with Gasteiger partial charge in [-0.15, -0.1) is 0 Å². The van der Waals surface area contributed by atoms with Gasteiger partial charge < -0.3 is 5.11 Å². The molecule has 1 N–H and O–H groups in total. The topological polar surface area (TPSA) is 20.2 Å². The van der Waals surface area contributed by atoms with E-state index in [0.717, 1.165) is 0 Å². The van der Waals surface area contributed by atoms with Crippen molar-refractivity contribution in [2.24, 2.45) is 5.41 Å². The molecule has 0 saturated carbocycles. The van der Waals surface area contributed by atoms with E-state index in [-0.39, 0.29) is 0 Å². The standard InChI is InChI=1S/C6H12F2O/c1-6(2,3)4(9)5(7)8/h4-5,9H,1-3H3. The second-order valence-corrected chi connectivity index (χ2v) is 3.15. The van der Waals surface area contributed by atoms with E-state index < -0.39 is 17.9 Å². The van der Waals surface area contributed by atoms with Crippen molar-refractivity contribution in [2.75, 3.05) is 0 Å². The van der Waals surface area contributed by atoms with Gasteiger partial charge in [0.15, 0.2) is 0 Å². The molecule has 0 aliphatic heterocycles. The Morgan fingerprint density at radius 1 is 1.22 bits per heavy atom. The largest absolute Gasteiger partial charge is 0.387 e. The van der Waals surface area contributed by atoms with E-state index in [2.05, 4.69) is 0 Å². The molecular weight excluding hydrogens is 126 g/mol. The molecule has 0 aliphatic rings. The van der Waals surface area contributed by atoms with E-state index in [0.29, 0.717) is 0 Å². The Balaban J connectivity index is 3.88. The van der Waals surface area contributed by atoms with Crippen molar-refractivity contribution in [3.8, 4) is 0 Å². The van der Waals surface area contributed by atoms with Crippen LogP contribution >= 0.6 is 0 Å². The van der Waals surface area contributed by atoms with Crippen molar-refractivity contribution in [1.82, 2.24) is 0 Å². The SMILES string of the molecule is CC(C)(C)C(O)C(F)F. The van der Waals surface area contributed by atoms with Crippen molar-refractivity contribution in [3.05, 3.63) is 0 Å². The third-order valence-corrected chi connectivity index (χ3v) is 1.13. The van der Waals surface area contributed by atoms with Crippen LogP contribution in [0.15, 0.2) is 0 Å². The molecule has 0 aromatic heterocycles. The molecule has 1 unspecified atom stereocenters. The summed E-state index contributed by atoms with van der Waals surface area (Å²) in [6.45, 7) is 4.72. The summed E-state index contributed by atoms with van der Waals surface area (Å²) in [6, 6.07) is 0. The molecule has 0 spiro atoms. The van der Waals surface area contributed by atoms with Crippen molar-refractivity contribution >= 4 is 0 Å². The fourth-order valence-corrected chi connectivity index (χ4v) is 0.378. The molecular formula is C6H12F2O. The first kappa shape index (κ1) is 8.82. The molecule has 1 atom stereocenters. The van der Waals surface area contributed by atoms with E-state index in [9.17, 15) is 8.78 Å². The highest BCUT2D eigenvalue weighted by Gasteiger charge is 2.29. The van der Waals surface area contributed by atoms with Crippen molar-refractivity contribution in [1.29, 1.82) is 0 Å². The number of alkyl halides is 2. The Bertz CT molecular complexity index is 85.5. The van der Waals surface area contributed by atoms with Crippen LogP contribution in [0, 0.1) is 5.41 Å². The van der Waals surface area contributed by atoms with Gasteiger partial charge in [0.1, 0.15) is 6.10 Å². The third kappa shape index (κ3) is 2.75. The minimum atomic E-state index is -2.63. The summed E-state index contributed by atoms with van der Waals surface area (Å²) in [5, 5.41) is 8.71. The molecule has 3 heteroatoms. The Hall–Kier alpha value is -0.180. The van der Waals surface area contributed by atoms with Crippen LogP contribution in [0.5, 0.6) is 0 Å². The van der Waals surface area contributed by atoms with Gasteiger partial charge in [-0.2, -0.15) is 0 Å². The molecule has 0 aromatic carbocycles. The van der Waals surface area contributed by atoms with E-state index in [4.69, 9.17) is 5.11 Å². The third-order valence-electron chi connectivity index (χ3n) is 1.13. The number of hydrogen-bond acceptors (Lipinski definition) is 1. The van der Waals surface area contributed by atoms with Crippen LogP contribution < -0.4 is 0 Å². The fourth-order valence-electron chi connectivity index (χ4n) is 0.378. The van der Waals surface area contributed by atoms with Crippen LogP contribution in [0.25, 0.3) is 0 Å². The average molecular weight is 138 g/mol. The molecule has 0 aliphatic carbocycles. The lowest BCUT2D eigenvalue weighted by Crippen LogP contribution is -2.32. The van der Waals surface area contributed by atoms with Crippen LogP contribution in [-0.4, -0.2) is 17.6 Å². The molecule has 9 heavy (non-hydrogen) atoms. The van der Waals surface area contributed by atoms with Crippen molar-refractivity contribution < 1.29 is 13.9 Å². The first-order valence-corrected chi connectivity index (χ1v) is 2.82. The maximum absolute atomic E-state index is 11.7. The van der Waals surface area contributed by atoms with Gasteiger partial charge in [-0.25, -0.2) is 8.78 Å². The zero-order valence-electron chi connectivity index (χ0n) is 5.86. The summed E-state index contributed by atoms with van der Waals surface area (Å²) in [5.41, 5.74) is -0.714. The molecule has 0 aromatic rings. The lowest BCUT2D eigenvalue weighted by atomic mass is 9.89. The Morgan fingerprint density at radius 2 is 1.56 bits per heavy atom. The summed E-state index contributed by atoms with van der Waals surface area (Å²) in [6.07, 6.45) is -4.15. The predicted octanol–water partition coefficient (Wildman–Crippen LogP) is 1.66. The van der Waals surface area contributed by atoms with Crippen LogP contribution in [-0.2, 0) is 0 Å². The van der Waals surface area contributed by atoms with E-state index >= 15 is 0 Å². The minimum Gasteiger partial charge on any atom is -0.387 e. The van der Waals surface area contributed by atoms with Gasteiger partial charge in [0.2, 0.25) is 0 Å². The second-order valence-electron chi connectivity index (χ2n) is 3.15. The first-order valence-electron chi connectivity index (χ1n) is 2.82. The van der Waals surface area contributed by atoms with Crippen LogP contribution in [0.4, 0.5) is 8.78 Å². The van der Waals surface area contributed by atoms with Crippen LogP contribution in [0.1, 0.15) is 20.8 Å². The molecule has 0 fully saturated rings. The van der Waals surface area contributed by atoms with Crippen LogP contribution in [0.3, 0.4) is 0 Å². The molecule has 0 saturated heterocycles. The van der Waals surface area contributed by atoms with Gasteiger partial charge in [-0.3, -0.25) is 0 Å². The van der Waals surface area contributed by atoms with Crippen molar-refractivity contribution in [3.63, 3.8) is 0 Å². The molecule has 56 valence electrons. The summed E-state index contributed by atoms with van der Waals surface area (Å²) < 4.78 is 23.3. The number of hydrogen-bond donors (Lipinski definition) is 1. The molecule has 0 radical (unpaired) electrons. The maximum atomic E-state index is 11.7. The average Bonchev–Trinajstić information content (AvgIpc) is 1.62. The predicted molar refractivity (Wildman–Crippen MR) is 31.5 cm³/mol. The Labute approximate surface area is 53.7 Å². The zero-order valence-corrected chi connectivity index (χ0v) is 5.86. The highest BCUT2D eigenvalue weighted by Crippen LogP contribution is 2.23. The highest BCUT2D eigenvalue weighted by atomic mass is 19.3. The van der Waals surface area contributed by atoms with Gasteiger partial charge in [0.25, 0.3) is 6.43 Å². The normalized spacial score (nSPS) is 16.3. The van der Waals surface area contributed by atoms with Gasteiger partial charge >= 0.3 is 0 Å². The molecule has 0 heterocycles. The Morgan fingerprint density at radius 3 is 1.56 bits per heavy atom. The Kier molecular flexibility index (Phi) is 2.55. The highest BCUT2D eigenvalue weighted by molar-refractivity contribution is 4.73. The fraction of sp³-hybridized carbons (Fsp3) is 1.00. The van der Waals surface area contributed by atoms with Crippen LogP contribution in [0.2, 0.25) is 0 Å². The summed E-state index contributed by atoms with van der Waals surface area (Å²) in [5.74, 6) is 0. The summed E-state index contributed by atoms with van der Waals surface area (Å²) in [7, 11) is 0. The van der Waals surface area contributed by atoms with Gasteiger partial charge in [-0.1, -0.05) is 20.8 Å². The first-order chi connectivity index (χ1) is 3.85. The lowest BCUT2D eigenvalue weighted by molar-refractivity contribution is -0.0636. The maximum Gasteiger partial charge on any atom is 0.264 e. The second kappa shape index (κ2) is 2.60.